The van der Waals surface area contributed by atoms with Crippen LogP contribution in [0.1, 0.15) is 26.2 Å². The van der Waals surface area contributed by atoms with Crippen molar-refractivity contribution >= 4 is 21.9 Å². The molecule has 19 heavy (non-hydrogen) atoms. The molecule has 2 unspecified atom stereocenters. The summed E-state index contributed by atoms with van der Waals surface area (Å²) in [5, 5.41) is 9.16. The maximum Gasteiger partial charge on any atom is 0.353 e. The molecule has 3 rings (SSSR count). The first kappa shape index (κ1) is 12.7. The van der Waals surface area contributed by atoms with Crippen LogP contribution >= 0.6 is 0 Å². The molecule has 0 saturated heterocycles. The number of nitrogens with zero attached hydrogens (tertiary/aromatic N) is 2. The standard InChI is InChI=1S/C12H16N2O4S/c1-2-14-11(12(15)16)6-10(13-19(14,17)18)9-4-7-3-8(7)5-9/h6-9H,2-5H2,1H3,(H,15,16)/t7-,8?,9?/m1/s1. The Labute approximate surface area is 112 Å². The fourth-order valence-electron chi connectivity index (χ4n) is 3.20. The van der Waals surface area contributed by atoms with Gasteiger partial charge in [0.1, 0.15) is 5.70 Å². The van der Waals surface area contributed by atoms with E-state index >= 15 is 0 Å². The summed E-state index contributed by atoms with van der Waals surface area (Å²) < 4.78 is 28.7. The van der Waals surface area contributed by atoms with Gasteiger partial charge in [-0.1, -0.05) is 0 Å². The molecule has 0 aromatic heterocycles. The van der Waals surface area contributed by atoms with E-state index in [1.165, 1.54) is 12.5 Å². The second-order valence-electron chi connectivity index (χ2n) is 5.42. The van der Waals surface area contributed by atoms with Gasteiger partial charge in [0.15, 0.2) is 0 Å². The van der Waals surface area contributed by atoms with Crippen molar-refractivity contribution in [2.75, 3.05) is 6.54 Å². The maximum atomic E-state index is 12.0. The number of carbonyl (C=O) groups is 1. The molecule has 3 atom stereocenters. The summed E-state index contributed by atoms with van der Waals surface area (Å²) in [5.41, 5.74) is 0.238. The van der Waals surface area contributed by atoms with Crippen molar-refractivity contribution in [3.63, 3.8) is 0 Å². The number of allylic oxidation sites excluding steroid dienone is 1. The zero-order valence-corrected chi connectivity index (χ0v) is 11.4. The molecule has 6 nitrogen and oxygen atoms in total. The monoisotopic (exact) mass is 284 g/mol. The number of carboxylic acids is 1. The molecule has 0 bridgehead atoms. The zero-order valence-electron chi connectivity index (χ0n) is 10.6. The van der Waals surface area contributed by atoms with Crippen LogP contribution in [0.15, 0.2) is 16.2 Å². The van der Waals surface area contributed by atoms with Crippen molar-refractivity contribution in [1.29, 1.82) is 0 Å². The van der Waals surface area contributed by atoms with Crippen molar-refractivity contribution in [2.45, 2.75) is 26.2 Å². The van der Waals surface area contributed by atoms with Crippen LogP contribution in [-0.2, 0) is 15.0 Å². The Morgan fingerprint density at radius 3 is 2.58 bits per heavy atom. The molecule has 2 fully saturated rings. The van der Waals surface area contributed by atoms with E-state index in [1.807, 2.05) is 0 Å². The van der Waals surface area contributed by atoms with Gasteiger partial charge in [-0.3, -0.25) is 0 Å². The molecule has 7 heteroatoms. The summed E-state index contributed by atoms with van der Waals surface area (Å²) in [6.07, 6.45) is 4.54. The molecule has 0 aromatic carbocycles. The number of rotatable bonds is 3. The molecular weight excluding hydrogens is 268 g/mol. The van der Waals surface area contributed by atoms with E-state index in [1.54, 1.807) is 6.92 Å². The van der Waals surface area contributed by atoms with Crippen LogP contribution in [0.3, 0.4) is 0 Å². The van der Waals surface area contributed by atoms with Crippen LogP contribution in [0, 0.1) is 17.8 Å². The van der Waals surface area contributed by atoms with Crippen LogP contribution < -0.4 is 0 Å². The summed E-state index contributed by atoms with van der Waals surface area (Å²) in [6.45, 7) is 1.67. The summed E-state index contributed by atoms with van der Waals surface area (Å²) in [6, 6.07) is 0. The van der Waals surface area contributed by atoms with Crippen LogP contribution in [0.2, 0.25) is 0 Å². The first-order chi connectivity index (χ1) is 8.92. The highest BCUT2D eigenvalue weighted by Gasteiger charge is 2.48. The van der Waals surface area contributed by atoms with Crippen LogP contribution in [0.25, 0.3) is 0 Å². The third-order valence-corrected chi connectivity index (χ3v) is 5.67. The largest absolute Gasteiger partial charge is 0.477 e. The third-order valence-electron chi connectivity index (χ3n) is 4.22. The van der Waals surface area contributed by atoms with E-state index in [9.17, 15) is 13.2 Å². The number of carboxylic acid groups (broad SMARTS) is 1. The minimum atomic E-state index is -3.88. The average molecular weight is 284 g/mol. The third kappa shape index (κ3) is 2.05. The first-order valence-electron chi connectivity index (χ1n) is 6.50. The predicted molar refractivity (Wildman–Crippen MR) is 68.8 cm³/mol. The Bertz CT molecular complexity index is 583. The molecule has 2 aliphatic carbocycles. The van der Waals surface area contributed by atoms with Gasteiger partial charge >= 0.3 is 16.2 Å². The molecule has 3 aliphatic rings. The smallest absolute Gasteiger partial charge is 0.353 e. The molecular formula is C12H16N2O4S. The lowest BCUT2D eigenvalue weighted by Gasteiger charge is -2.26. The highest BCUT2D eigenvalue weighted by molar-refractivity contribution is 7.88. The normalized spacial score (nSPS) is 35.4. The highest BCUT2D eigenvalue weighted by Crippen LogP contribution is 2.55. The van der Waals surface area contributed by atoms with Gasteiger partial charge in [-0.25, -0.2) is 9.10 Å². The van der Waals surface area contributed by atoms with Crippen molar-refractivity contribution in [1.82, 2.24) is 4.31 Å². The van der Waals surface area contributed by atoms with Gasteiger partial charge in [-0.15, -0.1) is 4.40 Å². The summed E-state index contributed by atoms with van der Waals surface area (Å²) in [5.74, 6) is 0.274. The lowest BCUT2D eigenvalue weighted by molar-refractivity contribution is -0.133. The summed E-state index contributed by atoms with van der Waals surface area (Å²) in [7, 11) is -3.88. The Kier molecular flexibility index (Phi) is 2.70. The van der Waals surface area contributed by atoms with E-state index in [4.69, 9.17) is 5.11 Å². The van der Waals surface area contributed by atoms with E-state index < -0.39 is 16.2 Å². The maximum absolute atomic E-state index is 12.0. The van der Waals surface area contributed by atoms with Crippen molar-refractivity contribution in [3.05, 3.63) is 11.8 Å². The van der Waals surface area contributed by atoms with Gasteiger partial charge in [-0.05, 0) is 44.1 Å². The van der Waals surface area contributed by atoms with Gasteiger partial charge in [0.25, 0.3) is 0 Å². The Morgan fingerprint density at radius 2 is 2.05 bits per heavy atom. The van der Waals surface area contributed by atoms with Gasteiger partial charge in [0.05, 0.1) is 5.71 Å². The van der Waals surface area contributed by atoms with E-state index in [0.717, 1.165) is 17.1 Å². The number of likely N-dealkylation sites (N-methyl/N-ethyl adjacent to an activating group) is 1. The predicted octanol–water partition coefficient (Wildman–Crippen LogP) is 1.02. The molecule has 1 N–H and O–H groups in total. The van der Waals surface area contributed by atoms with Crippen molar-refractivity contribution in [2.24, 2.45) is 22.2 Å². The zero-order chi connectivity index (χ0) is 13.8. The van der Waals surface area contributed by atoms with E-state index in [2.05, 4.69) is 4.40 Å². The second-order valence-corrected chi connectivity index (χ2v) is 6.94. The number of hydrogen-bond acceptors (Lipinski definition) is 3. The minimum Gasteiger partial charge on any atom is -0.477 e. The first-order valence-corrected chi connectivity index (χ1v) is 7.89. The van der Waals surface area contributed by atoms with Crippen LogP contribution in [-0.4, -0.2) is 36.1 Å². The fourth-order valence-corrected chi connectivity index (χ4v) is 4.47. The van der Waals surface area contributed by atoms with Gasteiger partial charge in [0.2, 0.25) is 0 Å². The van der Waals surface area contributed by atoms with E-state index in [0.29, 0.717) is 17.5 Å². The number of aliphatic carboxylic acids is 1. The SMILES string of the molecule is CCN1C(C(=O)O)=CC(C2CC3C[C@@H]3C2)=NS1(=O)=O. The summed E-state index contributed by atoms with van der Waals surface area (Å²) in [4.78, 5) is 11.2. The Morgan fingerprint density at radius 1 is 1.42 bits per heavy atom. The van der Waals surface area contributed by atoms with Gasteiger partial charge in [-0.2, -0.15) is 8.42 Å². The second kappa shape index (κ2) is 4.06. The van der Waals surface area contributed by atoms with Crippen molar-refractivity contribution < 1.29 is 18.3 Å². The Balaban J connectivity index is 1.96. The minimum absolute atomic E-state index is 0.0766. The van der Waals surface area contributed by atoms with Crippen LogP contribution in [0.5, 0.6) is 0 Å². The molecule has 104 valence electrons. The molecule has 0 amide bonds. The highest BCUT2D eigenvalue weighted by atomic mass is 32.2. The molecule has 2 saturated carbocycles. The van der Waals surface area contributed by atoms with Crippen molar-refractivity contribution in [3.8, 4) is 0 Å². The molecule has 1 aliphatic heterocycles. The Hall–Kier alpha value is -1.37. The lowest BCUT2D eigenvalue weighted by atomic mass is 9.97. The van der Waals surface area contributed by atoms with Gasteiger partial charge in [0, 0.05) is 12.5 Å². The quantitative estimate of drug-likeness (QED) is 0.838. The lowest BCUT2D eigenvalue weighted by Crippen LogP contribution is -2.37. The molecule has 1 heterocycles. The molecule has 0 aromatic rings. The van der Waals surface area contributed by atoms with Crippen LogP contribution in [0.4, 0.5) is 0 Å². The number of hydrogen-bond donors (Lipinski definition) is 1. The molecule has 0 radical (unpaired) electrons. The molecule has 0 spiro atoms. The summed E-state index contributed by atoms with van der Waals surface area (Å²) >= 11 is 0. The fraction of sp³-hybridized carbons (Fsp3) is 0.667. The van der Waals surface area contributed by atoms with E-state index in [-0.39, 0.29) is 18.2 Å². The number of fused-ring (bicyclic) bond motifs is 1. The average Bonchev–Trinajstić information content (AvgIpc) is 2.93. The topological polar surface area (TPSA) is 87.0 Å². The van der Waals surface area contributed by atoms with Gasteiger partial charge < -0.3 is 5.11 Å².